The first kappa shape index (κ1) is 32.6. The summed E-state index contributed by atoms with van der Waals surface area (Å²) in [5.74, 6) is -0.132. The van der Waals surface area contributed by atoms with Crippen LogP contribution in [0.4, 0.5) is 0 Å². The molecule has 0 aliphatic carbocycles. The van der Waals surface area contributed by atoms with Gasteiger partial charge in [0.2, 0.25) is 5.91 Å². The molecule has 0 spiro atoms. The van der Waals surface area contributed by atoms with Crippen LogP contribution >= 0.6 is 0 Å². The van der Waals surface area contributed by atoms with Crippen molar-refractivity contribution < 1.29 is 79.9 Å². The molecule has 24 heavy (non-hydrogen) atoms. The summed E-state index contributed by atoms with van der Waals surface area (Å²) in [6.45, 7) is 7.80. The van der Waals surface area contributed by atoms with Crippen LogP contribution in [0.15, 0.2) is 0 Å². The third-order valence-corrected chi connectivity index (χ3v) is 2.23. The van der Waals surface area contributed by atoms with Crippen molar-refractivity contribution >= 4 is 5.91 Å². The summed E-state index contributed by atoms with van der Waals surface area (Å²) < 4.78 is 25.6. The largest absolute Gasteiger partial charge is 1.00 e. The molecule has 1 amide bonds. The van der Waals surface area contributed by atoms with Crippen molar-refractivity contribution in [3.8, 4) is 0 Å². The number of ether oxygens (including phenoxy) is 5. The van der Waals surface area contributed by atoms with E-state index in [4.69, 9.17) is 18.9 Å². The first-order valence-electron chi connectivity index (χ1n) is 7.15. The molecule has 0 aromatic rings. The van der Waals surface area contributed by atoms with Gasteiger partial charge in [-0.15, -0.1) is 0 Å². The van der Waals surface area contributed by atoms with Crippen LogP contribution in [0.25, 0.3) is 0 Å². The standard InChI is InChI=1S/C14H28NO6.2CH3.K/c1-13(2)21-12-14(16)15-4-5-18-8-9-20-11-10-19-7-6-17-3;;;/h13H,3-12H2,1-2H3,(H,15,16);2*1H3;/q3*-1;+1. The first-order chi connectivity index (χ1) is 10.2. The van der Waals surface area contributed by atoms with E-state index >= 15 is 0 Å². The Hall–Kier alpha value is 0.906. The number of carbonyl (C=O) groups is 1. The molecule has 0 aromatic heterocycles. The van der Waals surface area contributed by atoms with E-state index in [1.807, 2.05) is 13.8 Å². The van der Waals surface area contributed by atoms with Crippen molar-refractivity contribution in [1.82, 2.24) is 5.32 Å². The van der Waals surface area contributed by atoms with Crippen LogP contribution in [0, 0.1) is 22.0 Å². The van der Waals surface area contributed by atoms with E-state index in [0.29, 0.717) is 52.8 Å². The molecular formula is C16H34KNO6-2. The summed E-state index contributed by atoms with van der Waals surface area (Å²) in [5.41, 5.74) is 0. The Morgan fingerprint density at radius 2 is 1.38 bits per heavy atom. The van der Waals surface area contributed by atoms with E-state index in [0.717, 1.165) is 0 Å². The number of carbonyl (C=O) groups excluding carboxylic acids is 1. The van der Waals surface area contributed by atoms with Gasteiger partial charge in [-0.2, -0.15) is 0 Å². The first-order valence-corrected chi connectivity index (χ1v) is 7.15. The minimum Gasteiger partial charge on any atom is -0.553 e. The fourth-order valence-corrected chi connectivity index (χ4v) is 1.22. The van der Waals surface area contributed by atoms with Crippen molar-refractivity contribution in [2.75, 3.05) is 59.4 Å². The third kappa shape index (κ3) is 27.7. The second-order valence-corrected chi connectivity index (χ2v) is 4.46. The Morgan fingerprint density at radius 3 is 1.83 bits per heavy atom. The van der Waals surface area contributed by atoms with Crippen molar-refractivity contribution in [2.45, 2.75) is 20.0 Å². The number of hydrogen-bond donors (Lipinski definition) is 1. The average molecular weight is 376 g/mol. The van der Waals surface area contributed by atoms with Crippen LogP contribution in [0.2, 0.25) is 0 Å². The van der Waals surface area contributed by atoms with Crippen LogP contribution in [-0.4, -0.2) is 71.4 Å². The van der Waals surface area contributed by atoms with Crippen LogP contribution in [-0.2, 0) is 28.5 Å². The number of rotatable bonds is 15. The molecular weight excluding hydrogens is 341 g/mol. The fourth-order valence-electron chi connectivity index (χ4n) is 1.22. The second kappa shape index (κ2) is 26.1. The average Bonchev–Trinajstić information content (AvgIpc) is 2.46. The van der Waals surface area contributed by atoms with Gasteiger partial charge < -0.3 is 43.9 Å². The van der Waals surface area contributed by atoms with Gasteiger partial charge in [0.05, 0.1) is 45.7 Å². The van der Waals surface area contributed by atoms with E-state index in [2.05, 4.69) is 17.2 Å². The van der Waals surface area contributed by atoms with E-state index < -0.39 is 0 Å². The molecule has 0 heterocycles. The van der Waals surface area contributed by atoms with Gasteiger partial charge in [-0.25, -0.2) is 7.11 Å². The molecule has 0 aliphatic rings. The summed E-state index contributed by atoms with van der Waals surface area (Å²) in [7, 11) is 3.24. The zero-order valence-electron chi connectivity index (χ0n) is 16.1. The molecule has 0 saturated carbocycles. The van der Waals surface area contributed by atoms with Gasteiger partial charge in [-0.3, -0.25) is 4.79 Å². The monoisotopic (exact) mass is 375 g/mol. The SMILES string of the molecule is [CH2-]OCCOCCOCCOCCNC(=O)COC(C)C.[CH3-].[CH3-].[K+]. The topological polar surface area (TPSA) is 75.3 Å². The van der Waals surface area contributed by atoms with Gasteiger partial charge in [0.15, 0.2) is 0 Å². The minimum atomic E-state index is -0.132. The summed E-state index contributed by atoms with van der Waals surface area (Å²) in [5, 5.41) is 2.70. The van der Waals surface area contributed by atoms with E-state index in [1.165, 1.54) is 0 Å². The molecule has 7 nitrogen and oxygen atoms in total. The Labute approximate surface area is 190 Å². The van der Waals surface area contributed by atoms with Gasteiger partial charge >= 0.3 is 51.4 Å². The number of hydrogen-bond acceptors (Lipinski definition) is 6. The van der Waals surface area contributed by atoms with Crippen molar-refractivity contribution in [3.05, 3.63) is 22.0 Å². The predicted molar refractivity (Wildman–Crippen MR) is 90.7 cm³/mol. The third-order valence-electron chi connectivity index (χ3n) is 2.23. The maximum absolute atomic E-state index is 11.3. The Bertz CT molecular complexity index is 245. The van der Waals surface area contributed by atoms with E-state index in [1.54, 1.807) is 0 Å². The summed E-state index contributed by atoms with van der Waals surface area (Å²) >= 11 is 0. The smallest absolute Gasteiger partial charge is 0.553 e. The minimum absolute atomic E-state index is 0. The van der Waals surface area contributed by atoms with E-state index in [9.17, 15) is 4.79 Å². The number of amides is 1. The fraction of sp³-hybridized carbons (Fsp3) is 0.750. The van der Waals surface area contributed by atoms with Crippen LogP contribution in [0.5, 0.6) is 0 Å². The molecule has 0 atom stereocenters. The summed E-state index contributed by atoms with van der Waals surface area (Å²) in [4.78, 5) is 11.3. The summed E-state index contributed by atoms with van der Waals surface area (Å²) in [6, 6.07) is 0. The van der Waals surface area contributed by atoms with Gasteiger partial charge in [0.1, 0.15) is 6.61 Å². The van der Waals surface area contributed by atoms with Crippen LogP contribution in [0.3, 0.4) is 0 Å². The predicted octanol–water partition coefficient (Wildman–Crippen LogP) is -1.71. The molecule has 0 radical (unpaired) electrons. The van der Waals surface area contributed by atoms with Crippen molar-refractivity contribution in [3.63, 3.8) is 0 Å². The van der Waals surface area contributed by atoms with E-state index in [-0.39, 0.29) is 84.9 Å². The molecule has 0 rings (SSSR count). The quantitative estimate of drug-likeness (QED) is 0.209. The molecule has 142 valence electrons. The zero-order valence-corrected chi connectivity index (χ0v) is 19.2. The Balaban J connectivity index is -0.000000667. The van der Waals surface area contributed by atoms with Crippen LogP contribution in [0.1, 0.15) is 13.8 Å². The number of nitrogens with one attached hydrogen (secondary N) is 1. The maximum atomic E-state index is 11.3. The maximum Gasteiger partial charge on any atom is 1.00 e. The molecule has 0 bridgehead atoms. The van der Waals surface area contributed by atoms with Gasteiger partial charge in [-0.1, -0.05) is 0 Å². The van der Waals surface area contributed by atoms with Gasteiger partial charge in [-0.05, 0) is 13.8 Å². The van der Waals surface area contributed by atoms with Gasteiger partial charge in [0, 0.05) is 13.2 Å². The Kier molecular flexibility index (Phi) is 35.5. The van der Waals surface area contributed by atoms with Gasteiger partial charge in [0.25, 0.3) is 0 Å². The molecule has 1 N–H and O–H groups in total. The zero-order chi connectivity index (χ0) is 15.8. The molecule has 0 fully saturated rings. The Morgan fingerprint density at radius 1 is 0.917 bits per heavy atom. The molecule has 8 heteroatoms. The molecule has 0 aromatic carbocycles. The van der Waals surface area contributed by atoms with Crippen molar-refractivity contribution in [2.24, 2.45) is 0 Å². The normalized spacial score (nSPS) is 9.67. The van der Waals surface area contributed by atoms with Crippen LogP contribution < -0.4 is 56.7 Å². The molecule has 0 saturated heterocycles. The molecule has 0 aliphatic heterocycles. The summed E-state index contributed by atoms with van der Waals surface area (Å²) in [6.07, 6.45) is 0.0549. The van der Waals surface area contributed by atoms with Crippen molar-refractivity contribution in [1.29, 1.82) is 0 Å². The molecule has 0 unspecified atom stereocenters. The second-order valence-electron chi connectivity index (χ2n) is 4.46.